The first kappa shape index (κ1) is 14.6. The number of rotatable bonds is 4. The summed E-state index contributed by atoms with van der Waals surface area (Å²) in [6.07, 6.45) is 3.93. The molecule has 0 saturated carbocycles. The van der Waals surface area contributed by atoms with E-state index in [4.69, 9.17) is 0 Å². The molecule has 1 N–H and O–H groups in total. The second-order valence-corrected chi connectivity index (χ2v) is 6.60. The molecule has 0 spiro atoms. The lowest BCUT2D eigenvalue weighted by atomic mass is 9.87. The lowest BCUT2D eigenvalue weighted by Crippen LogP contribution is -2.11. The lowest BCUT2D eigenvalue weighted by Gasteiger charge is -2.19. The molecule has 0 amide bonds. The van der Waals surface area contributed by atoms with Crippen LogP contribution < -0.4 is 5.32 Å². The maximum Gasteiger partial charge on any atom is 0.0729 e. The van der Waals surface area contributed by atoms with Gasteiger partial charge in [0.1, 0.15) is 0 Å². The molecule has 1 aromatic heterocycles. The molecule has 0 aliphatic heterocycles. The highest BCUT2D eigenvalue weighted by atomic mass is 15.3. The molecule has 0 radical (unpaired) electrons. The molecule has 0 fully saturated rings. The quantitative estimate of drug-likeness (QED) is 0.894. The average molecular weight is 271 g/mol. The largest absolute Gasteiger partial charge is 0.378 e. The molecule has 0 bridgehead atoms. The normalized spacial score (nSPS) is 11.9. The van der Waals surface area contributed by atoms with E-state index in [0.717, 1.165) is 12.2 Å². The Balaban J connectivity index is 1.97. The van der Waals surface area contributed by atoms with E-state index in [0.29, 0.717) is 6.04 Å². The average Bonchev–Trinajstić information content (AvgIpc) is 2.85. The minimum absolute atomic E-state index is 0.213. The second-order valence-electron chi connectivity index (χ2n) is 6.60. The van der Waals surface area contributed by atoms with E-state index >= 15 is 0 Å². The fraction of sp³-hybridized carbons (Fsp3) is 0.471. The van der Waals surface area contributed by atoms with Crippen molar-refractivity contribution in [2.24, 2.45) is 0 Å². The summed E-state index contributed by atoms with van der Waals surface area (Å²) in [6.45, 7) is 11.8. The summed E-state index contributed by atoms with van der Waals surface area (Å²) in [6, 6.07) is 9.22. The van der Waals surface area contributed by atoms with Gasteiger partial charge >= 0.3 is 0 Å². The molecule has 3 nitrogen and oxygen atoms in total. The predicted molar refractivity (Wildman–Crippen MR) is 85.1 cm³/mol. The Kier molecular flexibility index (Phi) is 4.17. The van der Waals surface area contributed by atoms with Gasteiger partial charge in [-0.25, -0.2) is 0 Å². The first-order valence-electron chi connectivity index (χ1n) is 7.24. The van der Waals surface area contributed by atoms with Crippen molar-refractivity contribution in [2.75, 3.05) is 5.32 Å². The van der Waals surface area contributed by atoms with E-state index in [1.165, 1.54) is 11.1 Å². The molecular formula is C17H25N3. The van der Waals surface area contributed by atoms with Gasteiger partial charge in [0, 0.05) is 18.8 Å². The van der Waals surface area contributed by atoms with E-state index in [2.05, 4.69) is 69.3 Å². The predicted octanol–water partition coefficient (Wildman–Crippen LogP) is 4.37. The first-order valence-corrected chi connectivity index (χ1v) is 7.24. The third-order valence-corrected chi connectivity index (χ3v) is 3.45. The van der Waals surface area contributed by atoms with E-state index in [1.807, 2.05) is 17.1 Å². The summed E-state index contributed by atoms with van der Waals surface area (Å²) < 4.78 is 1.96. The molecule has 2 rings (SSSR count). The summed E-state index contributed by atoms with van der Waals surface area (Å²) in [4.78, 5) is 0. The van der Waals surface area contributed by atoms with Crippen molar-refractivity contribution in [3.8, 4) is 0 Å². The van der Waals surface area contributed by atoms with Crippen LogP contribution in [0.1, 0.15) is 51.8 Å². The van der Waals surface area contributed by atoms with Crippen molar-refractivity contribution in [2.45, 2.75) is 52.6 Å². The molecule has 3 heteroatoms. The van der Waals surface area contributed by atoms with Crippen LogP contribution in [0, 0.1) is 0 Å². The highest BCUT2D eigenvalue weighted by Gasteiger charge is 2.12. The Morgan fingerprint density at radius 2 is 1.80 bits per heavy atom. The highest BCUT2D eigenvalue weighted by molar-refractivity contribution is 5.39. The molecular weight excluding hydrogens is 246 g/mol. The van der Waals surface area contributed by atoms with Gasteiger partial charge in [-0.3, -0.25) is 4.68 Å². The van der Waals surface area contributed by atoms with Crippen LogP contribution in [0.3, 0.4) is 0 Å². The van der Waals surface area contributed by atoms with E-state index in [-0.39, 0.29) is 5.41 Å². The highest BCUT2D eigenvalue weighted by Crippen LogP contribution is 2.22. The molecule has 1 heterocycles. The van der Waals surface area contributed by atoms with Crippen LogP contribution in [0.15, 0.2) is 36.7 Å². The summed E-state index contributed by atoms with van der Waals surface area (Å²) in [5, 5.41) is 7.74. The standard InChI is InChI=1S/C17H25N3/c1-13(2)20-12-16(11-19-20)18-10-14-6-8-15(9-7-14)17(3,4)5/h6-9,11-13,18H,10H2,1-5H3. The van der Waals surface area contributed by atoms with Crippen molar-refractivity contribution in [1.29, 1.82) is 0 Å². The molecule has 1 aromatic carbocycles. The van der Waals surface area contributed by atoms with Crippen LogP contribution in [0.4, 0.5) is 5.69 Å². The van der Waals surface area contributed by atoms with Crippen LogP contribution in [-0.4, -0.2) is 9.78 Å². The fourth-order valence-electron chi connectivity index (χ4n) is 2.04. The van der Waals surface area contributed by atoms with Gasteiger partial charge in [-0.05, 0) is 30.4 Å². The smallest absolute Gasteiger partial charge is 0.0729 e. The molecule has 0 unspecified atom stereocenters. The SMILES string of the molecule is CC(C)n1cc(NCc2ccc(C(C)(C)C)cc2)cn1. The van der Waals surface area contributed by atoms with Crippen LogP contribution in [-0.2, 0) is 12.0 Å². The van der Waals surface area contributed by atoms with Gasteiger partial charge in [0.15, 0.2) is 0 Å². The van der Waals surface area contributed by atoms with Gasteiger partial charge in [0.25, 0.3) is 0 Å². The van der Waals surface area contributed by atoms with Gasteiger partial charge in [-0.15, -0.1) is 0 Å². The van der Waals surface area contributed by atoms with Crippen LogP contribution in [0.2, 0.25) is 0 Å². The van der Waals surface area contributed by atoms with Crippen LogP contribution >= 0.6 is 0 Å². The van der Waals surface area contributed by atoms with Crippen molar-refractivity contribution >= 4 is 5.69 Å². The maximum absolute atomic E-state index is 4.33. The van der Waals surface area contributed by atoms with Gasteiger partial charge in [0.05, 0.1) is 11.9 Å². The zero-order valence-corrected chi connectivity index (χ0v) is 13.1. The summed E-state index contributed by atoms with van der Waals surface area (Å²) in [5.41, 5.74) is 3.94. The number of benzene rings is 1. The molecule has 0 saturated heterocycles. The van der Waals surface area contributed by atoms with Crippen molar-refractivity contribution < 1.29 is 0 Å². The molecule has 0 aliphatic carbocycles. The van der Waals surface area contributed by atoms with Crippen LogP contribution in [0.25, 0.3) is 0 Å². The summed E-state index contributed by atoms with van der Waals surface area (Å²) >= 11 is 0. The number of hydrogen-bond acceptors (Lipinski definition) is 2. The second kappa shape index (κ2) is 5.70. The number of hydrogen-bond donors (Lipinski definition) is 1. The first-order chi connectivity index (χ1) is 9.36. The molecule has 0 atom stereocenters. The Hall–Kier alpha value is -1.77. The fourth-order valence-corrected chi connectivity index (χ4v) is 2.04. The number of nitrogens with zero attached hydrogens (tertiary/aromatic N) is 2. The number of anilines is 1. The van der Waals surface area contributed by atoms with Gasteiger partial charge in [-0.1, -0.05) is 45.0 Å². The molecule has 108 valence electrons. The third-order valence-electron chi connectivity index (χ3n) is 3.45. The van der Waals surface area contributed by atoms with Crippen molar-refractivity contribution in [1.82, 2.24) is 9.78 Å². The van der Waals surface area contributed by atoms with Crippen LogP contribution in [0.5, 0.6) is 0 Å². The zero-order chi connectivity index (χ0) is 14.8. The third kappa shape index (κ3) is 3.62. The van der Waals surface area contributed by atoms with E-state index in [9.17, 15) is 0 Å². The summed E-state index contributed by atoms with van der Waals surface area (Å²) in [5.74, 6) is 0. The minimum Gasteiger partial charge on any atom is -0.378 e. The number of nitrogens with one attached hydrogen (secondary N) is 1. The monoisotopic (exact) mass is 271 g/mol. The maximum atomic E-state index is 4.33. The van der Waals surface area contributed by atoms with Gasteiger partial charge < -0.3 is 5.32 Å². The molecule has 2 aromatic rings. The topological polar surface area (TPSA) is 29.9 Å². The van der Waals surface area contributed by atoms with Crippen molar-refractivity contribution in [3.05, 3.63) is 47.8 Å². The lowest BCUT2D eigenvalue weighted by molar-refractivity contribution is 0.532. The van der Waals surface area contributed by atoms with Gasteiger partial charge in [0.2, 0.25) is 0 Å². The van der Waals surface area contributed by atoms with Crippen molar-refractivity contribution in [3.63, 3.8) is 0 Å². The molecule has 0 aliphatic rings. The summed E-state index contributed by atoms with van der Waals surface area (Å²) in [7, 11) is 0. The minimum atomic E-state index is 0.213. The number of aromatic nitrogens is 2. The Morgan fingerprint density at radius 3 is 2.30 bits per heavy atom. The molecule has 20 heavy (non-hydrogen) atoms. The van der Waals surface area contributed by atoms with E-state index in [1.54, 1.807) is 0 Å². The Labute approximate surface area is 122 Å². The van der Waals surface area contributed by atoms with Gasteiger partial charge in [-0.2, -0.15) is 5.10 Å². The zero-order valence-electron chi connectivity index (χ0n) is 13.1. The Morgan fingerprint density at radius 1 is 1.15 bits per heavy atom. The Bertz CT molecular complexity index is 544. The van der Waals surface area contributed by atoms with E-state index < -0.39 is 0 Å².